The lowest BCUT2D eigenvalue weighted by Gasteiger charge is -2.38. The van der Waals surface area contributed by atoms with Crippen molar-refractivity contribution in [1.82, 2.24) is 4.90 Å². The highest BCUT2D eigenvalue weighted by atomic mass is 32.2. The van der Waals surface area contributed by atoms with Gasteiger partial charge in [0.2, 0.25) is 0 Å². The van der Waals surface area contributed by atoms with E-state index in [1.54, 1.807) is 6.20 Å². The lowest BCUT2D eigenvalue weighted by Crippen LogP contribution is -2.40. The maximum atomic E-state index is 12.4. The first-order valence-corrected chi connectivity index (χ1v) is 9.44. The Morgan fingerprint density at radius 1 is 1.36 bits per heavy atom. The Kier molecular flexibility index (Phi) is 5.82. The number of amides is 1. The molecule has 0 saturated carbocycles. The van der Waals surface area contributed by atoms with Gasteiger partial charge in [0.05, 0.1) is 4.90 Å². The zero-order valence-electron chi connectivity index (χ0n) is 14.1. The molecule has 7 nitrogen and oxygen atoms in total. The summed E-state index contributed by atoms with van der Waals surface area (Å²) in [5.41, 5.74) is 0.124. The Labute approximate surface area is 147 Å². The van der Waals surface area contributed by atoms with Crippen LogP contribution in [0.15, 0.2) is 40.9 Å². The van der Waals surface area contributed by atoms with Crippen molar-refractivity contribution in [3.05, 3.63) is 36.0 Å². The van der Waals surface area contributed by atoms with Crippen LogP contribution >= 0.6 is 0 Å². The molecule has 1 aromatic carbocycles. The van der Waals surface area contributed by atoms with Crippen LogP contribution in [0, 0.1) is 11.3 Å². The molecule has 2 unspecified atom stereocenters. The average molecular weight is 363 g/mol. The van der Waals surface area contributed by atoms with Crippen molar-refractivity contribution >= 4 is 21.7 Å². The van der Waals surface area contributed by atoms with Gasteiger partial charge in [-0.25, -0.2) is 0 Å². The highest BCUT2D eigenvalue weighted by Gasteiger charge is 2.24. The molecule has 1 aromatic rings. The molecule has 1 amide bonds. The molecular formula is C17H21N3O4S. The normalized spacial score (nSPS) is 21.5. The van der Waals surface area contributed by atoms with E-state index in [0.717, 1.165) is 25.3 Å². The summed E-state index contributed by atoms with van der Waals surface area (Å²) in [5.74, 6) is -0.625. The van der Waals surface area contributed by atoms with Gasteiger partial charge < -0.3 is 10.2 Å². The quantitative estimate of drug-likeness (QED) is 0.483. The molecule has 0 aromatic heterocycles. The molecule has 2 atom stereocenters. The molecule has 1 fully saturated rings. The second-order valence-corrected chi connectivity index (χ2v) is 7.61. The van der Waals surface area contributed by atoms with E-state index in [4.69, 9.17) is 4.55 Å². The van der Waals surface area contributed by atoms with Crippen molar-refractivity contribution in [1.29, 1.82) is 5.26 Å². The Morgan fingerprint density at radius 3 is 2.56 bits per heavy atom. The van der Waals surface area contributed by atoms with Crippen molar-refractivity contribution < 1.29 is 17.8 Å². The van der Waals surface area contributed by atoms with Crippen LogP contribution in [-0.2, 0) is 14.9 Å². The Hall–Kier alpha value is -2.37. The minimum atomic E-state index is -4.36. The van der Waals surface area contributed by atoms with Crippen molar-refractivity contribution in [2.24, 2.45) is 0 Å². The first-order valence-electron chi connectivity index (χ1n) is 8.00. The summed E-state index contributed by atoms with van der Waals surface area (Å²) in [5, 5.41) is 11.8. The van der Waals surface area contributed by atoms with E-state index in [0.29, 0.717) is 0 Å². The van der Waals surface area contributed by atoms with Crippen molar-refractivity contribution in [3.8, 4) is 6.07 Å². The van der Waals surface area contributed by atoms with Crippen LogP contribution < -0.4 is 5.32 Å². The molecule has 1 aliphatic rings. The fourth-order valence-electron chi connectivity index (χ4n) is 2.92. The Balaban J connectivity index is 2.21. The Bertz CT molecular complexity index is 817. The summed E-state index contributed by atoms with van der Waals surface area (Å²) in [4.78, 5) is 14.0. The number of nitriles is 1. The summed E-state index contributed by atoms with van der Waals surface area (Å²) in [6.45, 7) is 4.10. The fourth-order valence-corrected chi connectivity index (χ4v) is 3.44. The first kappa shape index (κ1) is 19.0. The van der Waals surface area contributed by atoms with Gasteiger partial charge in [-0.1, -0.05) is 6.07 Å². The molecule has 2 N–H and O–H groups in total. The predicted octanol–water partition coefficient (Wildman–Crippen LogP) is 2.54. The van der Waals surface area contributed by atoms with E-state index in [2.05, 4.69) is 19.2 Å². The number of rotatable bonds is 4. The molecule has 1 heterocycles. The van der Waals surface area contributed by atoms with Gasteiger partial charge in [-0.2, -0.15) is 13.7 Å². The van der Waals surface area contributed by atoms with Crippen LogP contribution in [0.2, 0.25) is 0 Å². The van der Waals surface area contributed by atoms with Crippen LogP contribution in [0.4, 0.5) is 5.69 Å². The minimum absolute atomic E-state index is 0.0575. The third kappa shape index (κ3) is 4.81. The molecule has 0 bridgehead atoms. The summed E-state index contributed by atoms with van der Waals surface area (Å²) < 4.78 is 31.4. The van der Waals surface area contributed by atoms with Crippen LogP contribution in [0.5, 0.6) is 0 Å². The van der Waals surface area contributed by atoms with Gasteiger partial charge in [-0.05, 0) is 51.3 Å². The van der Waals surface area contributed by atoms with Crippen LogP contribution in [-0.4, -0.2) is 35.9 Å². The number of hydrogen-bond donors (Lipinski definition) is 2. The lowest BCUT2D eigenvalue weighted by molar-refractivity contribution is -0.112. The van der Waals surface area contributed by atoms with E-state index in [-0.39, 0.29) is 28.2 Å². The second kappa shape index (κ2) is 7.68. The largest absolute Gasteiger partial charge is 0.371 e. The number of likely N-dealkylation sites (tertiary alicyclic amines) is 1. The van der Waals surface area contributed by atoms with Gasteiger partial charge in [0.1, 0.15) is 11.6 Å². The topological polar surface area (TPSA) is 111 Å². The third-order valence-electron chi connectivity index (χ3n) is 4.29. The SMILES string of the molecule is CC1CCCC(C)N1/C=C(/C#N)C(=O)Nc1cccc(S(=O)(=O)O)c1. The molecule has 25 heavy (non-hydrogen) atoms. The molecule has 0 spiro atoms. The molecule has 0 aliphatic carbocycles. The summed E-state index contributed by atoms with van der Waals surface area (Å²) in [7, 11) is -4.36. The number of nitrogens with one attached hydrogen (secondary N) is 1. The monoisotopic (exact) mass is 363 g/mol. The standard InChI is InChI=1S/C17H21N3O4S/c1-12-5-3-6-13(2)20(12)11-14(10-18)17(21)19-15-7-4-8-16(9-15)25(22,23)24/h4,7-9,11-13H,3,5-6H2,1-2H3,(H,19,21)(H,22,23,24)/b14-11-. The lowest BCUT2D eigenvalue weighted by atomic mass is 9.98. The van der Waals surface area contributed by atoms with Gasteiger partial charge in [-0.3, -0.25) is 9.35 Å². The van der Waals surface area contributed by atoms with Gasteiger partial charge in [0.25, 0.3) is 16.0 Å². The second-order valence-electron chi connectivity index (χ2n) is 6.19. The Morgan fingerprint density at radius 2 is 2.00 bits per heavy atom. The van der Waals surface area contributed by atoms with Gasteiger partial charge in [0.15, 0.2) is 0 Å². The molecule has 2 rings (SSSR count). The van der Waals surface area contributed by atoms with Gasteiger partial charge in [0, 0.05) is 24.0 Å². The van der Waals surface area contributed by atoms with Crippen molar-refractivity contribution in [2.75, 3.05) is 5.32 Å². The summed E-state index contributed by atoms with van der Waals surface area (Å²) in [6, 6.07) is 7.59. The van der Waals surface area contributed by atoms with Gasteiger partial charge >= 0.3 is 0 Å². The molecule has 8 heteroatoms. The first-order chi connectivity index (χ1) is 11.7. The average Bonchev–Trinajstić information content (AvgIpc) is 2.54. The molecule has 1 saturated heterocycles. The number of benzene rings is 1. The number of anilines is 1. The minimum Gasteiger partial charge on any atom is -0.371 e. The van der Waals surface area contributed by atoms with E-state index in [9.17, 15) is 18.5 Å². The predicted molar refractivity (Wildman–Crippen MR) is 93.2 cm³/mol. The maximum absolute atomic E-state index is 12.4. The highest BCUT2D eigenvalue weighted by molar-refractivity contribution is 7.85. The van der Waals surface area contributed by atoms with E-state index >= 15 is 0 Å². The van der Waals surface area contributed by atoms with Gasteiger partial charge in [-0.15, -0.1) is 0 Å². The zero-order valence-corrected chi connectivity index (χ0v) is 15.0. The third-order valence-corrected chi connectivity index (χ3v) is 5.14. The fraction of sp³-hybridized carbons (Fsp3) is 0.412. The molecular weight excluding hydrogens is 342 g/mol. The summed E-state index contributed by atoms with van der Waals surface area (Å²) >= 11 is 0. The zero-order chi connectivity index (χ0) is 18.6. The number of carbonyl (C=O) groups excluding carboxylic acids is 1. The molecule has 1 aliphatic heterocycles. The van der Waals surface area contributed by atoms with E-state index in [1.807, 2.05) is 11.0 Å². The number of hydrogen-bond acceptors (Lipinski definition) is 5. The van der Waals surface area contributed by atoms with Crippen LogP contribution in [0.1, 0.15) is 33.1 Å². The van der Waals surface area contributed by atoms with Crippen LogP contribution in [0.3, 0.4) is 0 Å². The van der Waals surface area contributed by atoms with E-state index < -0.39 is 16.0 Å². The maximum Gasteiger partial charge on any atom is 0.294 e. The molecule has 0 radical (unpaired) electrons. The molecule has 134 valence electrons. The smallest absolute Gasteiger partial charge is 0.294 e. The van der Waals surface area contributed by atoms with Crippen molar-refractivity contribution in [3.63, 3.8) is 0 Å². The van der Waals surface area contributed by atoms with E-state index in [1.165, 1.54) is 18.2 Å². The summed E-state index contributed by atoms with van der Waals surface area (Å²) in [6.07, 6.45) is 4.68. The number of piperidine rings is 1. The highest BCUT2D eigenvalue weighted by Crippen LogP contribution is 2.24. The number of nitrogens with zero attached hydrogens (tertiary/aromatic N) is 2. The van der Waals surface area contributed by atoms with Crippen LogP contribution in [0.25, 0.3) is 0 Å². The number of carbonyl (C=O) groups is 1. The van der Waals surface area contributed by atoms with Crippen molar-refractivity contribution in [2.45, 2.75) is 50.1 Å².